The molecule has 2 rings (SSSR count). The second-order valence-electron chi connectivity index (χ2n) is 5.92. The van der Waals surface area contributed by atoms with E-state index in [2.05, 4.69) is 30.1 Å². The van der Waals surface area contributed by atoms with Crippen LogP contribution in [0, 0.1) is 0 Å². The summed E-state index contributed by atoms with van der Waals surface area (Å²) in [5.41, 5.74) is 1.95. The molecule has 0 radical (unpaired) electrons. The highest BCUT2D eigenvalue weighted by molar-refractivity contribution is 5.55. The molecule has 21 heavy (non-hydrogen) atoms. The fourth-order valence-corrected chi connectivity index (χ4v) is 2.88. The van der Waals surface area contributed by atoms with Gasteiger partial charge in [0.15, 0.2) is 0 Å². The molecule has 1 aromatic carbocycles. The smallest absolute Gasteiger partial charge is 0.122 e. The number of phenols is 1. The first kappa shape index (κ1) is 16.1. The molecular formula is C17H28N2O2. The van der Waals surface area contributed by atoms with Crippen molar-refractivity contribution < 1.29 is 10.2 Å². The minimum atomic E-state index is 0.146. The van der Waals surface area contributed by atoms with Crippen molar-refractivity contribution in [3.05, 3.63) is 23.8 Å². The topological polar surface area (TPSA) is 55.7 Å². The Balaban J connectivity index is 2.12. The number of hydrogen-bond acceptors (Lipinski definition) is 4. The first-order valence-corrected chi connectivity index (χ1v) is 8.11. The zero-order chi connectivity index (χ0) is 15.2. The predicted octanol–water partition coefficient (Wildman–Crippen LogP) is 2.80. The molecule has 1 aliphatic rings. The average molecular weight is 292 g/mol. The fourth-order valence-electron chi connectivity index (χ4n) is 2.88. The van der Waals surface area contributed by atoms with Crippen LogP contribution in [0.5, 0.6) is 5.75 Å². The molecule has 0 bridgehead atoms. The van der Waals surface area contributed by atoms with Crippen LogP contribution in [0.1, 0.15) is 51.1 Å². The highest BCUT2D eigenvalue weighted by Crippen LogP contribution is 2.33. The zero-order valence-electron chi connectivity index (χ0n) is 13.2. The maximum atomic E-state index is 10.3. The zero-order valence-corrected chi connectivity index (χ0v) is 13.2. The van der Waals surface area contributed by atoms with E-state index in [4.69, 9.17) is 0 Å². The van der Waals surface area contributed by atoms with Gasteiger partial charge in [-0.1, -0.05) is 13.0 Å². The van der Waals surface area contributed by atoms with Crippen molar-refractivity contribution in [1.29, 1.82) is 0 Å². The minimum absolute atomic E-state index is 0.146. The largest absolute Gasteiger partial charge is 0.508 e. The molecule has 118 valence electrons. The maximum Gasteiger partial charge on any atom is 0.122 e. The molecule has 4 nitrogen and oxygen atoms in total. The first-order valence-electron chi connectivity index (χ1n) is 8.11. The summed E-state index contributed by atoms with van der Waals surface area (Å²) in [6.07, 6.45) is 4.69. The number of rotatable bonds is 8. The lowest BCUT2D eigenvalue weighted by Crippen LogP contribution is -2.41. The molecule has 1 saturated carbocycles. The monoisotopic (exact) mass is 292 g/mol. The third-order valence-corrected chi connectivity index (χ3v) is 4.37. The van der Waals surface area contributed by atoms with E-state index in [1.165, 1.54) is 19.3 Å². The molecule has 0 aromatic heterocycles. The van der Waals surface area contributed by atoms with Crippen molar-refractivity contribution in [2.45, 2.75) is 51.6 Å². The van der Waals surface area contributed by atoms with Gasteiger partial charge in [0.25, 0.3) is 0 Å². The molecule has 1 fully saturated rings. The predicted molar refractivity (Wildman–Crippen MR) is 86.9 cm³/mol. The van der Waals surface area contributed by atoms with E-state index >= 15 is 0 Å². The van der Waals surface area contributed by atoms with Gasteiger partial charge in [0.05, 0.1) is 6.61 Å². The Morgan fingerprint density at radius 3 is 2.67 bits per heavy atom. The summed E-state index contributed by atoms with van der Waals surface area (Å²) >= 11 is 0. The molecule has 4 heteroatoms. The Bertz CT molecular complexity index is 446. The van der Waals surface area contributed by atoms with Crippen LogP contribution in [0.3, 0.4) is 0 Å². The Kier molecular flexibility index (Phi) is 5.88. The summed E-state index contributed by atoms with van der Waals surface area (Å²) in [7, 11) is 0. The maximum absolute atomic E-state index is 10.3. The molecule has 1 atom stereocenters. The van der Waals surface area contributed by atoms with Gasteiger partial charge in [-0.3, -0.25) is 0 Å². The molecule has 0 saturated heterocycles. The average Bonchev–Trinajstić information content (AvgIpc) is 2.42. The van der Waals surface area contributed by atoms with Gasteiger partial charge in [-0.15, -0.1) is 0 Å². The van der Waals surface area contributed by atoms with Gasteiger partial charge < -0.3 is 20.4 Å². The van der Waals surface area contributed by atoms with Gasteiger partial charge in [0.1, 0.15) is 5.75 Å². The van der Waals surface area contributed by atoms with E-state index < -0.39 is 0 Å². The molecule has 0 aliphatic heterocycles. The van der Waals surface area contributed by atoms with Crippen LogP contribution in [0.4, 0.5) is 5.69 Å². The number of aliphatic hydroxyl groups is 1. The minimum Gasteiger partial charge on any atom is -0.508 e. The van der Waals surface area contributed by atoms with E-state index in [1.807, 2.05) is 12.1 Å². The van der Waals surface area contributed by atoms with Crippen LogP contribution in [0.2, 0.25) is 0 Å². The van der Waals surface area contributed by atoms with Gasteiger partial charge in [-0.2, -0.15) is 0 Å². The van der Waals surface area contributed by atoms with Crippen LogP contribution < -0.4 is 10.2 Å². The lowest BCUT2D eigenvalue weighted by atomic mass is 9.91. The Hall–Kier alpha value is -1.26. The molecule has 0 spiro atoms. The molecule has 1 aromatic rings. The Morgan fingerprint density at radius 2 is 2.14 bits per heavy atom. The van der Waals surface area contributed by atoms with Crippen molar-refractivity contribution in [2.24, 2.45) is 0 Å². The van der Waals surface area contributed by atoms with Gasteiger partial charge >= 0.3 is 0 Å². The van der Waals surface area contributed by atoms with Crippen LogP contribution >= 0.6 is 0 Å². The van der Waals surface area contributed by atoms with Crippen LogP contribution in [-0.2, 0) is 0 Å². The second-order valence-corrected chi connectivity index (χ2v) is 5.92. The lowest BCUT2D eigenvalue weighted by Gasteiger charge is -2.39. The fraction of sp³-hybridized carbons (Fsp3) is 0.647. The van der Waals surface area contributed by atoms with Crippen molar-refractivity contribution >= 4 is 5.69 Å². The number of aliphatic hydroxyl groups excluding tert-OH is 1. The summed E-state index contributed by atoms with van der Waals surface area (Å²) < 4.78 is 0. The third-order valence-electron chi connectivity index (χ3n) is 4.37. The highest BCUT2D eigenvalue weighted by Gasteiger charge is 2.25. The van der Waals surface area contributed by atoms with Crippen molar-refractivity contribution in [2.75, 3.05) is 24.6 Å². The molecule has 1 aliphatic carbocycles. The van der Waals surface area contributed by atoms with Crippen molar-refractivity contribution in [3.8, 4) is 5.75 Å². The number of aromatic hydroxyl groups is 1. The summed E-state index contributed by atoms with van der Waals surface area (Å²) in [6.45, 7) is 5.93. The number of nitrogens with zero attached hydrogens (tertiary/aromatic N) is 1. The van der Waals surface area contributed by atoms with Crippen molar-refractivity contribution in [1.82, 2.24) is 5.32 Å². The molecule has 0 heterocycles. The van der Waals surface area contributed by atoms with Crippen molar-refractivity contribution in [3.63, 3.8) is 0 Å². The Labute approximate surface area is 127 Å². The number of phenolic OH excluding ortho intramolecular Hbond substituents is 1. The van der Waals surface area contributed by atoms with E-state index in [0.29, 0.717) is 18.3 Å². The van der Waals surface area contributed by atoms with Crippen LogP contribution in [0.25, 0.3) is 0 Å². The van der Waals surface area contributed by atoms with E-state index in [1.54, 1.807) is 0 Å². The SMILES string of the molecule is CCCNC(C)c1ccc(N(CCO)C2CCC2)cc1O. The number of nitrogens with one attached hydrogen (secondary N) is 1. The number of hydrogen-bond donors (Lipinski definition) is 3. The quantitative estimate of drug-likeness (QED) is 0.689. The molecule has 3 N–H and O–H groups in total. The van der Waals surface area contributed by atoms with Gasteiger partial charge in [0, 0.05) is 35.9 Å². The summed E-state index contributed by atoms with van der Waals surface area (Å²) in [5.74, 6) is 0.339. The third kappa shape index (κ3) is 3.89. The van der Waals surface area contributed by atoms with E-state index in [9.17, 15) is 10.2 Å². The van der Waals surface area contributed by atoms with Crippen LogP contribution in [0.15, 0.2) is 18.2 Å². The van der Waals surface area contributed by atoms with Gasteiger partial charge in [-0.25, -0.2) is 0 Å². The first-order chi connectivity index (χ1) is 10.2. The second kappa shape index (κ2) is 7.66. The molecule has 1 unspecified atom stereocenters. The van der Waals surface area contributed by atoms with E-state index in [-0.39, 0.29) is 12.6 Å². The van der Waals surface area contributed by atoms with E-state index in [0.717, 1.165) is 24.2 Å². The highest BCUT2D eigenvalue weighted by atomic mass is 16.3. The number of anilines is 1. The normalized spacial score (nSPS) is 16.5. The summed E-state index contributed by atoms with van der Waals surface area (Å²) in [6, 6.07) is 6.56. The standard InChI is InChI=1S/C17H28N2O2/c1-3-9-18-13(2)16-8-7-15(12-17(16)21)19(10-11-20)14-5-4-6-14/h7-8,12-14,18,20-21H,3-6,9-11H2,1-2H3. The summed E-state index contributed by atoms with van der Waals surface area (Å²) in [5, 5.41) is 23.0. The Morgan fingerprint density at radius 1 is 1.38 bits per heavy atom. The van der Waals surface area contributed by atoms with Gasteiger partial charge in [0.2, 0.25) is 0 Å². The number of benzene rings is 1. The van der Waals surface area contributed by atoms with Gasteiger partial charge in [-0.05, 0) is 45.2 Å². The van der Waals surface area contributed by atoms with Crippen LogP contribution in [-0.4, -0.2) is 36.0 Å². The molecule has 0 amide bonds. The molecular weight excluding hydrogens is 264 g/mol. The lowest BCUT2D eigenvalue weighted by molar-refractivity contribution is 0.283. The summed E-state index contributed by atoms with van der Waals surface area (Å²) in [4.78, 5) is 2.22.